The van der Waals surface area contributed by atoms with E-state index in [-0.39, 0.29) is 5.91 Å². The van der Waals surface area contributed by atoms with Gasteiger partial charge in [-0.15, -0.1) is 0 Å². The molecule has 1 aromatic heterocycles. The van der Waals surface area contributed by atoms with E-state index >= 15 is 0 Å². The van der Waals surface area contributed by atoms with Gasteiger partial charge in [-0.1, -0.05) is 18.2 Å². The largest absolute Gasteiger partial charge is 0.494 e. The molecule has 0 fully saturated rings. The van der Waals surface area contributed by atoms with Crippen LogP contribution in [0.3, 0.4) is 0 Å². The number of nitrogens with zero attached hydrogens (tertiary/aromatic N) is 1. The highest BCUT2D eigenvalue weighted by Gasteiger charge is 2.24. The molecule has 136 valence electrons. The lowest BCUT2D eigenvalue weighted by atomic mass is 10.0. The molecule has 0 aliphatic carbocycles. The van der Waals surface area contributed by atoms with Crippen LogP contribution in [0.2, 0.25) is 0 Å². The first-order valence-corrected chi connectivity index (χ1v) is 9.13. The van der Waals surface area contributed by atoms with E-state index in [0.29, 0.717) is 12.2 Å². The summed E-state index contributed by atoms with van der Waals surface area (Å²) in [4.78, 5) is 12.4. The molecule has 0 saturated heterocycles. The lowest BCUT2D eigenvalue weighted by Crippen LogP contribution is -2.03. The van der Waals surface area contributed by atoms with Gasteiger partial charge >= 0.3 is 0 Å². The molecule has 0 unspecified atom stereocenters. The average molecular weight is 358 g/mol. The number of para-hydroxylation sites is 1. The van der Waals surface area contributed by atoms with Crippen LogP contribution in [0.5, 0.6) is 5.75 Å². The molecule has 2 aromatic carbocycles. The third-order valence-corrected chi connectivity index (χ3v) is 4.89. The second kappa shape index (κ2) is 6.80. The Morgan fingerprint density at radius 1 is 1.07 bits per heavy atom. The van der Waals surface area contributed by atoms with Crippen LogP contribution in [-0.2, 0) is 4.79 Å². The van der Waals surface area contributed by atoms with E-state index in [1.807, 2.05) is 49.4 Å². The fourth-order valence-corrected chi connectivity index (χ4v) is 3.63. The summed E-state index contributed by atoms with van der Waals surface area (Å²) in [6.45, 7) is 6.79. The molecule has 0 atom stereocenters. The van der Waals surface area contributed by atoms with Crippen LogP contribution < -0.4 is 10.1 Å². The molecule has 27 heavy (non-hydrogen) atoms. The van der Waals surface area contributed by atoms with Crippen LogP contribution in [0.4, 0.5) is 5.69 Å². The maximum absolute atomic E-state index is 12.4. The molecule has 0 bridgehead atoms. The highest BCUT2D eigenvalue weighted by molar-refractivity contribution is 6.34. The summed E-state index contributed by atoms with van der Waals surface area (Å²) in [5.74, 6) is 0.812. The summed E-state index contributed by atoms with van der Waals surface area (Å²) in [7, 11) is 0. The van der Waals surface area contributed by atoms with E-state index in [1.54, 1.807) is 0 Å². The lowest BCUT2D eigenvalue weighted by Gasteiger charge is -2.11. The maximum Gasteiger partial charge on any atom is 0.256 e. The number of hydrogen-bond acceptors (Lipinski definition) is 2. The summed E-state index contributed by atoms with van der Waals surface area (Å²) in [5, 5.41) is 2.93. The normalized spacial score (nSPS) is 14.3. The minimum atomic E-state index is -0.0536. The van der Waals surface area contributed by atoms with Gasteiger partial charge in [0.15, 0.2) is 0 Å². The number of hydrogen-bond donors (Lipinski definition) is 1. The van der Waals surface area contributed by atoms with Crippen molar-refractivity contribution in [3.63, 3.8) is 0 Å². The molecule has 0 radical (unpaired) electrons. The maximum atomic E-state index is 12.4. The summed E-state index contributed by atoms with van der Waals surface area (Å²) in [6.07, 6.45) is 1.98. The van der Waals surface area contributed by atoms with Crippen molar-refractivity contribution >= 4 is 23.2 Å². The molecule has 1 N–H and O–H groups in total. The van der Waals surface area contributed by atoms with Crippen molar-refractivity contribution in [1.29, 1.82) is 0 Å². The first-order chi connectivity index (χ1) is 13.1. The minimum Gasteiger partial charge on any atom is -0.494 e. The van der Waals surface area contributed by atoms with Gasteiger partial charge in [-0.3, -0.25) is 4.79 Å². The molecule has 0 saturated carbocycles. The van der Waals surface area contributed by atoms with Gasteiger partial charge in [0.1, 0.15) is 5.75 Å². The van der Waals surface area contributed by atoms with Crippen molar-refractivity contribution in [2.75, 3.05) is 11.9 Å². The van der Waals surface area contributed by atoms with Crippen molar-refractivity contribution < 1.29 is 9.53 Å². The summed E-state index contributed by atoms with van der Waals surface area (Å²) < 4.78 is 7.73. The van der Waals surface area contributed by atoms with Gasteiger partial charge in [0.25, 0.3) is 5.91 Å². The van der Waals surface area contributed by atoms with Crippen LogP contribution in [0.15, 0.2) is 54.6 Å². The topological polar surface area (TPSA) is 43.3 Å². The van der Waals surface area contributed by atoms with Gasteiger partial charge in [-0.05, 0) is 68.8 Å². The molecule has 2 heterocycles. The fraction of sp³-hybridized carbons (Fsp3) is 0.174. The Kier molecular flexibility index (Phi) is 4.32. The van der Waals surface area contributed by atoms with Crippen molar-refractivity contribution in [3.8, 4) is 11.4 Å². The molecular formula is C23H22N2O2. The molecular weight excluding hydrogens is 336 g/mol. The van der Waals surface area contributed by atoms with Crippen molar-refractivity contribution in [2.24, 2.45) is 0 Å². The van der Waals surface area contributed by atoms with Crippen LogP contribution in [0, 0.1) is 13.8 Å². The number of aryl methyl sites for hydroxylation is 1. The minimum absolute atomic E-state index is 0.0536. The van der Waals surface area contributed by atoms with E-state index in [9.17, 15) is 4.79 Å². The third-order valence-electron chi connectivity index (χ3n) is 4.89. The van der Waals surface area contributed by atoms with Crippen LogP contribution >= 0.6 is 0 Å². The number of anilines is 1. The van der Waals surface area contributed by atoms with Crippen LogP contribution in [0.25, 0.3) is 17.3 Å². The summed E-state index contributed by atoms with van der Waals surface area (Å²) >= 11 is 0. The smallest absolute Gasteiger partial charge is 0.256 e. The number of amides is 1. The summed E-state index contributed by atoms with van der Waals surface area (Å²) in [6, 6.07) is 18.0. The van der Waals surface area contributed by atoms with Crippen molar-refractivity contribution in [2.45, 2.75) is 20.8 Å². The van der Waals surface area contributed by atoms with E-state index in [1.165, 1.54) is 0 Å². The van der Waals surface area contributed by atoms with Crippen LogP contribution in [0.1, 0.15) is 29.4 Å². The molecule has 4 rings (SSSR count). The van der Waals surface area contributed by atoms with Crippen molar-refractivity contribution in [3.05, 3.63) is 77.1 Å². The first kappa shape index (κ1) is 17.2. The molecule has 4 nitrogen and oxygen atoms in total. The molecule has 0 spiro atoms. The number of carbonyl (C=O) groups excluding carboxylic acids is 1. The number of aromatic nitrogens is 1. The van der Waals surface area contributed by atoms with Gasteiger partial charge in [0, 0.05) is 33.9 Å². The zero-order chi connectivity index (χ0) is 19.0. The number of nitrogens with one attached hydrogen (secondary N) is 1. The van der Waals surface area contributed by atoms with Gasteiger partial charge in [0.05, 0.1) is 6.61 Å². The third kappa shape index (κ3) is 3.04. The molecule has 3 aromatic rings. The second-order valence-electron chi connectivity index (χ2n) is 6.65. The van der Waals surface area contributed by atoms with E-state index in [0.717, 1.165) is 39.6 Å². The highest BCUT2D eigenvalue weighted by atomic mass is 16.5. The Morgan fingerprint density at radius 3 is 2.56 bits per heavy atom. The standard InChI is InChI=1S/C23H22N2O2/c1-4-27-19-11-9-18(10-12-19)25-15(2)13-17(16(25)3)14-21-20-7-5-6-8-22(20)24-23(21)26/h5-14H,4H2,1-3H3,(H,24,26)/b21-14+. The number of carbonyl (C=O) groups is 1. The number of ether oxygens (including phenoxy) is 1. The zero-order valence-corrected chi connectivity index (χ0v) is 15.7. The Labute approximate surface area is 159 Å². The Morgan fingerprint density at radius 2 is 1.81 bits per heavy atom. The van der Waals surface area contributed by atoms with Gasteiger partial charge in [0.2, 0.25) is 0 Å². The number of fused-ring (bicyclic) bond motifs is 1. The molecule has 4 heteroatoms. The number of rotatable bonds is 4. The monoisotopic (exact) mass is 358 g/mol. The van der Waals surface area contributed by atoms with E-state index in [2.05, 4.69) is 41.9 Å². The molecule has 1 aliphatic rings. The SMILES string of the molecule is CCOc1ccc(-n2c(C)cc(/C=C3/C(=O)Nc4ccccc43)c2C)cc1. The van der Waals surface area contributed by atoms with Crippen LogP contribution in [-0.4, -0.2) is 17.1 Å². The van der Waals surface area contributed by atoms with Gasteiger partial charge in [-0.25, -0.2) is 0 Å². The lowest BCUT2D eigenvalue weighted by molar-refractivity contribution is -0.110. The van der Waals surface area contributed by atoms with Gasteiger partial charge < -0.3 is 14.6 Å². The first-order valence-electron chi connectivity index (χ1n) is 9.13. The summed E-state index contributed by atoms with van der Waals surface area (Å²) in [5.41, 5.74) is 6.87. The predicted octanol–water partition coefficient (Wildman–Crippen LogP) is 4.99. The average Bonchev–Trinajstić information content (AvgIpc) is 3.13. The van der Waals surface area contributed by atoms with Gasteiger partial charge in [-0.2, -0.15) is 0 Å². The Hall–Kier alpha value is -3.27. The zero-order valence-electron chi connectivity index (χ0n) is 15.7. The molecule has 1 aliphatic heterocycles. The Bertz CT molecular complexity index is 1040. The van der Waals surface area contributed by atoms with E-state index < -0.39 is 0 Å². The highest BCUT2D eigenvalue weighted by Crippen LogP contribution is 2.34. The number of benzene rings is 2. The molecule has 1 amide bonds. The Balaban J connectivity index is 1.74. The fourth-order valence-electron chi connectivity index (χ4n) is 3.63. The second-order valence-corrected chi connectivity index (χ2v) is 6.65. The van der Waals surface area contributed by atoms with E-state index in [4.69, 9.17) is 4.74 Å². The predicted molar refractivity (Wildman–Crippen MR) is 109 cm³/mol. The quantitative estimate of drug-likeness (QED) is 0.668. The van der Waals surface area contributed by atoms with Crippen molar-refractivity contribution in [1.82, 2.24) is 4.57 Å².